The molecule has 76 heavy (non-hydrogen) atoms. The zero-order valence-electron chi connectivity index (χ0n) is 45.3. The van der Waals surface area contributed by atoms with Gasteiger partial charge < -0.3 is 98.7 Å². The van der Waals surface area contributed by atoms with Gasteiger partial charge in [0, 0.05) is 121 Å². The van der Waals surface area contributed by atoms with Crippen LogP contribution in [0.4, 0.5) is 22.7 Å². The Labute approximate surface area is 448 Å². The lowest BCUT2D eigenvalue weighted by Crippen LogP contribution is -2.16. The van der Waals surface area contributed by atoms with Gasteiger partial charge in [0.1, 0.15) is 49.4 Å². The molecule has 20 heteroatoms. The van der Waals surface area contributed by atoms with Gasteiger partial charge in [-0.05, 0) is 48.5 Å². The maximum atomic E-state index is 6.82. The standard InChI is InChI=1S/C56H84N4O16/c1-61-5-9-65-13-17-69-21-25-73-53-41-29-43-35-50(58)37-45(54(43)74-26-22-70-18-14-66-10-6-62-2)31-47-39-52(60)40-48(56(47)76-28-24-72-20-16-68-12-8-64-4)32-46-38-51(59)36-44(30-42(53)34-49(57)33-41)55(46)75-27-23-71-19-15-67-11-7-63-3/h33-40H,5-32,57-60H2,1-4H3. The van der Waals surface area contributed by atoms with Crippen LogP contribution in [0.5, 0.6) is 23.0 Å². The highest BCUT2D eigenvalue weighted by Gasteiger charge is 2.24. The maximum absolute atomic E-state index is 6.82. The minimum Gasteiger partial charge on any atom is -0.491 e. The van der Waals surface area contributed by atoms with Gasteiger partial charge in [0.05, 0.1) is 132 Å². The Morgan fingerprint density at radius 3 is 0.539 bits per heavy atom. The van der Waals surface area contributed by atoms with Gasteiger partial charge in [-0.2, -0.15) is 0 Å². The number of methoxy groups -OCH3 is 4. The molecule has 20 nitrogen and oxygen atoms in total. The first-order chi connectivity index (χ1) is 37.2. The molecule has 1 aliphatic rings. The minimum absolute atomic E-state index is 0.240. The molecule has 8 bridgehead atoms. The molecule has 0 atom stereocenters. The molecule has 0 radical (unpaired) electrons. The predicted octanol–water partition coefficient (Wildman–Crippen LogP) is 4.93. The number of ether oxygens (including phenoxy) is 16. The van der Waals surface area contributed by atoms with Crippen molar-refractivity contribution < 1.29 is 75.8 Å². The molecule has 0 heterocycles. The topological polar surface area (TPSA) is 252 Å². The summed E-state index contributed by atoms with van der Waals surface area (Å²) in [5, 5.41) is 0. The number of fused-ring (bicyclic) bond motifs is 8. The fourth-order valence-corrected chi connectivity index (χ4v) is 8.41. The normalized spacial score (nSPS) is 12.3. The van der Waals surface area contributed by atoms with Crippen LogP contribution in [0.1, 0.15) is 44.5 Å². The summed E-state index contributed by atoms with van der Waals surface area (Å²) in [6.07, 6.45) is 1.33. The smallest absolute Gasteiger partial charge is 0.126 e. The summed E-state index contributed by atoms with van der Waals surface area (Å²) in [5.74, 6) is 2.54. The highest BCUT2D eigenvalue weighted by atomic mass is 16.6. The number of nitrogen functional groups attached to an aromatic ring is 4. The number of rotatable bonds is 40. The van der Waals surface area contributed by atoms with E-state index in [4.69, 9.17) is 98.7 Å². The summed E-state index contributed by atoms with van der Waals surface area (Å²) in [6.45, 7) is 9.40. The first-order valence-electron chi connectivity index (χ1n) is 26.0. The molecule has 0 fully saturated rings. The summed E-state index contributed by atoms with van der Waals surface area (Å²) < 4.78 is 93.5. The maximum Gasteiger partial charge on any atom is 0.126 e. The van der Waals surface area contributed by atoms with Crippen LogP contribution in [0.3, 0.4) is 0 Å². The predicted molar refractivity (Wildman–Crippen MR) is 291 cm³/mol. The number of nitrogens with two attached hydrogens (primary N) is 4. The van der Waals surface area contributed by atoms with E-state index in [9.17, 15) is 0 Å². The second kappa shape index (κ2) is 36.8. The summed E-state index contributed by atoms with van der Waals surface area (Å²) >= 11 is 0. The van der Waals surface area contributed by atoms with E-state index in [0.717, 1.165) is 44.5 Å². The Balaban J connectivity index is 1.58. The van der Waals surface area contributed by atoms with Crippen molar-refractivity contribution >= 4 is 22.7 Å². The van der Waals surface area contributed by atoms with Crippen molar-refractivity contribution in [3.05, 3.63) is 93.0 Å². The Morgan fingerprint density at radius 2 is 0.382 bits per heavy atom. The molecule has 4 aromatic rings. The lowest BCUT2D eigenvalue weighted by molar-refractivity contribution is 0.0177. The van der Waals surface area contributed by atoms with E-state index in [0.29, 0.717) is 204 Å². The SMILES string of the molecule is COCCOCCOCCOc1c2cc(N)cc1Cc1cc(N)cc(c1OCCOCCOCCOC)Cc1cc(N)cc(c1OCCOCCOCCOC)Cc1cc(N)cc(c1OCCOCCOCCOC)C2. The highest BCUT2D eigenvalue weighted by Crippen LogP contribution is 2.41. The molecule has 0 saturated carbocycles. The Hall–Kier alpha value is -5.20. The largest absolute Gasteiger partial charge is 0.491 e. The van der Waals surface area contributed by atoms with Crippen molar-refractivity contribution in [3.8, 4) is 23.0 Å². The van der Waals surface area contributed by atoms with E-state index >= 15 is 0 Å². The fraction of sp³-hybridized carbons (Fsp3) is 0.571. The number of hydrogen-bond donors (Lipinski definition) is 4. The van der Waals surface area contributed by atoms with Gasteiger partial charge in [-0.25, -0.2) is 0 Å². The molecule has 0 unspecified atom stereocenters. The van der Waals surface area contributed by atoms with Crippen molar-refractivity contribution in [1.29, 1.82) is 0 Å². The van der Waals surface area contributed by atoms with Gasteiger partial charge >= 0.3 is 0 Å². The average Bonchev–Trinajstić information content (AvgIpc) is 3.38. The van der Waals surface area contributed by atoms with Crippen molar-refractivity contribution in [1.82, 2.24) is 0 Å². The van der Waals surface area contributed by atoms with Crippen LogP contribution in [0.25, 0.3) is 0 Å². The number of hydrogen-bond acceptors (Lipinski definition) is 20. The van der Waals surface area contributed by atoms with Gasteiger partial charge in [0.25, 0.3) is 0 Å². The molecular formula is C56H84N4O16. The van der Waals surface area contributed by atoms with E-state index in [1.807, 2.05) is 48.5 Å². The molecule has 424 valence electrons. The quantitative estimate of drug-likeness (QED) is 0.0300. The second-order valence-corrected chi connectivity index (χ2v) is 17.6. The fourth-order valence-electron chi connectivity index (χ4n) is 8.41. The van der Waals surface area contributed by atoms with Crippen LogP contribution >= 0.6 is 0 Å². The molecule has 0 aliphatic heterocycles. The Kier molecular flexibility index (Phi) is 29.8. The molecule has 0 aromatic heterocycles. The van der Waals surface area contributed by atoms with Crippen LogP contribution < -0.4 is 41.9 Å². The van der Waals surface area contributed by atoms with E-state index < -0.39 is 0 Å². The van der Waals surface area contributed by atoms with Crippen LogP contribution in [0.15, 0.2) is 48.5 Å². The van der Waals surface area contributed by atoms with Crippen molar-refractivity contribution in [2.75, 3.05) is 210 Å². The Morgan fingerprint density at radius 1 is 0.237 bits per heavy atom. The van der Waals surface area contributed by atoms with Gasteiger partial charge in [-0.3, -0.25) is 0 Å². The van der Waals surface area contributed by atoms with Crippen molar-refractivity contribution in [2.45, 2.75) is 25.7 Å². The molecular weight excluding hydrogens is 985 g/mol. The van der Waals surface area contributed by atoms with Crippen LogP contribution in [-0.4, -0.2) is 187 Å². The molecule has 0 saturated heterocycles. The lowest BCUT2D eigenvalue weighted by atomic mass is 9.90. The summed E-state index contributed by atoms with van der Waals surface area (Å²) in [4.78, 5) is 0. The monoisotopic (exact) mass is 1070 g/mol. The molecule has 5 rings (SSSR count). The highest BCUT2D eigenvalue weighted by molar-refractivity contribution is 5.64. The zero-order chi connectivity index (χ0) is 54.0. The molecule has 8 N–H and O–H groups in total. The van der Waals surface area contributed by atoms with E-state index in [1.54, 1.807) is 28.4 Å². The van der Waals surface area contributed by atoms with Crippen LogP contribution in [0, 0.1) is 0 Å². The Bertz CT molecular complexity index is 1850. The second-order valence-electron chi connectivity index (χ2n) is 17.6. The van der Waals surface area contributed by atoms with Gasteiger partial charge in [-0.15, -0.1) is 0 Å². The zero-order valence-corrected chi connectivity index (χ0v) is 45.3. The van der Waals surface area contributed by atoms with E-state index in [2.05, 4.69) is 0 Å². The van der Waals surface area contributed by atoms with Crippen molar-refractivity contribution in [2.24, 2.45) is 0 Å². The summed E-state index contributed by atoms with van der Waals surface area (Å²) in [5.41, 5.74) is 35.9. The minimum atomic E-state index is 0.240. The number of anilines is 4. The lowest BCUT2D eigenvalue weighted by Gasteiger charge is -2.24. The van der Waals surface area contributed by atoms with Gasteiger partial charge in [-0.1, -0.05) is 0 Å². The third-order valence-corrected chi connectivity index (χ3v) is 11.7. The van der Waals surface area contributed by atoms with Crippen LogP contribution in [0.2, 0.25) is 0 Å². The summed E-state index contributed by atoms with van der Waals surface area (Å²) in [7, 11) is 6.55. The van der Waals surface area contributed by atoms with Crippen LogP contribution in [-0.2, 0) is 82.5 Å². The van der Waals surface area contributed by atoms with E-state index in [1.165, 1.54) is 0 Å². The first-order valence-corrected chi connectivity index (χ1v) is 26.0. The molecule has 0 spiro atoms. The third kappa shape index (κ3) is 22.4. The third-order valence-electron chi connectivity index (χ3n) is 11.7. The first kappa shape index (κ1) is 61.7. The number of benzene rings is 4. The molecule has 4 aromatic carbocycles. The molecule has 1 aliphatic carbocycles. The molecule has 0 amide bonds. The van der Waals surface area contributed by atoms with Gasteiger partial charge in [0.2, 0.25) is 0 Å². The van der Waals surface area contributed by atoms with Gasteiger partial charge in [0.15, 0.2) is 0 Å². The summed E-state index contributed by atoms with van der Waals surface area (Å²) in [6, 6.07) is 15.4. The van der Waals surface area contributed by atoms with Crippen molar-refractivity contribution in [3.63, 3.8) is 0 Å². The average molecular weight is 1070 g/mol. The van der Waals surface area contributed by atoms with E-state index in [-0.39, 0.29) is 26.4 Å².